The average molecular weight is 321 g/mol. The summed E-state index contributed by atoms with van der Waals surface area (Å²) < 4.78 is 2.09. The fourth-order valence-corrected chi connectivity index (χ4v) is 2.63. The van der Waals surface area contributed by atoms with E-state index < -0.39 is 0 Å². The van der Waals surface area contributed by atoms with Crippen molar-refractivity contribution in [3.63, 3.8) is 0 Å². The summed E-state index contributed by atoms with van der Waals surface area (Å²) in [5, 5.41) is 3.16. The molecule has 0 aliphatic heterocycles. The molecule has 0 fully saturated rings. The quantitative estimate of drug-likeness (QED) is 0.557. The molecular weight excluding hydrogens is 298 g/mol. The summed E-state index contributed by atoms with van der Waals surface area (Å²) in [5.74, 6) is 0.916. The van der Waals surface area contributed by atoms with Crippen LogP contribution in [-0.2, 0) is 6.54 Å². The molecule has 1 heterocycles. The maximum atomic E-state index is 6.00. The van der Waals surface area contributed by atoms with Crippen molar-refractivity contribution >= 4 is 22.7 Å². The van der Waals surface area contributed by atoms with E-state index in [2.05, 4.69) is 51.9 Å². The largest absolute Gasteiger partial charge is 0.370 e. The van der Waals surface area contributed by atoms with E-state index in [-0.39, 0.29) is 0 Å². The summed E-state index contributed by atoms with van der Waals surface area (Å²) in [5.41, 5.74) is 10.4. The maximum Gasteiger partial charge on any atom is 0.193 e. The average Bonchev–Trinajstić information content (AvgIpc) is 2.98. The van der Waals surface area contributed by atoms with Gasteiger partial charge >= 0.3 is 0 Å². The van der Waals surface area contributed by atoms with E-state index in [9.17, 15) is 0 Å². The number of aromatic nitrogens is 2. The van der Waals surface area contributed by atoms with Gasteiger partial charge in [-0.1, -0.05) is 38.1 Å². The number of para-hydroxylation sites is 2. The highest BCUT2D eigenvalue weighted by Crippen LogP contribution is 2.18. The van der Waals surface area contributed by atoms with Crippen LogP contribution in [0.15, 0.2) is 59.9 Å². The van der Waals surface area contributed by atoms with Crippen LogP contribution in [-0.4, -0.2) is 22.1 Å². The first-order valence-corrected chi connectivity index (χ1v) is 8.20. The molecule has 24 heavy (non-hydrogen) atoms. The normalized spacial score (nSPS) is 12.0. The predicted molar refractivity (Wildman–Crippen MR) is 100 cm³/mol. The SMILES string of the molecule is CC(C)c1cccc(NC(N)=NCCn2cnc3ccccc32)c1. The lowest BCUT2D eigenvalue weighted by atomic mass is 10.0. The van der Waals surface area contributed by atoms with Crippen LogP contribution in [0, 0.1) is 0 Å². The molecule has 0 spiro atoms. The van der Waals surface area contributed by atoms with Crippen molar-refractivity contribution in [1.29, 1.82) is 0 Å². The van der Waals surface area contributed by atoms with Crippen LogP contribution in [0.4, 0.5) is 5.69 Å². The first-order chi connectivity index (χ1) is 11.6. The van der Waals surface area contributed by atoms with Gasteiger partial charge in [-0.15, -0.1) is 0 Å². The van der Waals surface area contributed by atoms with Crippen molar-refractivity contribution in [2.45, 2.75) is 26.3 Å². The van der Waals surface area contributed by atoms with Gasteiger partial charge in [0.1, 0.15) is 0 Å². The fraction of sp³-hybridized carbons (Fsp3) is 0.263. The standard InChI is InChI=1S/C19H23N5/c1-14(2)15-6-5-7-16(12-15)23-19(20)21-10-11-24-13-22-17-8-3-4-9-18(17)24/h3-9,12-14H,10-11H2,1-2H3,(H3,20,21,23). The molecule has 0 amide bonds. The highest BCUT2D eigenvalue weighted by Gasteiger charge is 2.02. The number of nitrogens with one attached hydrogen (secondary N) is 1. The summed E-state index contributed by atoms with van der Waals surface area (Å²) in [6, 6.07) is 16.3. The van der Waals surface area contributed by atoms with Gasteiger partial charge in [-0.2, -0.15) is 0 Å². The summed E-state index contributed by atoms with van der Waals surface area (Å²) >= 11 is 0. The van der Waals surface area contributed by atoms with Crippen molar-refractivity contribution in [1.82, 2.24) is 9.55 Å². The minimum Gasteiger partial charge on any atom is -0.370 e. The van der Waals surface area contributed by atoms with Crippen molar-refractivity contribution in [3.8, 4) is 0 Å². The molecule has 1 aromatic heterocycles. The van der Waals surface area contributed by atoms with Crippen LogP contribution >= 0.6 is 0 Å². The molecule has 0 unspecified atom stereocenters. The number of hydrogen-bond donors (Lipinski definition) is 2. The van der Waals surface area contributed by atoms with E-state index in [0.717, 1.165) is 23.3 Å². The summed E-state index contributed by atoms with van der Waals surface area (Å²) in [4.78, 5) is 8.79. The van der Waals surface area contributed by atoms with Gasteiger partial charge in [-0.3, -0.25) is 4.99 Å². The van der Waals surface area contributed by atoms with Gasteiger partial charge in [0.15, 0.2) is 5.96 Å². The Morgan fingerprint density at radius 3 is 2.88 bits per heavy atom. The molecule has 0 bridgehead atoms. The smallest absolute Gasteiger partial charge is 0.193 e. The Kier molecular flexibility index (Phi) is 4.79. The number of nitrogens with two attached hydrogens (primary N) is 1. The van der Waals surface area contributed by atoms with Gasteiger partial charge in [0.05, 0.1) is 23.9 Å². The van der Waals surface area contributed by atoms with Gasteiger partial charge in [-0.25, -0.2) is 4.98 Å². The number of guanidine groups is 1. The second kappa shape index (κ2) is 7.17. The zero-order chi connectivity index (χ0) is 16.9. The van der Waals surface area contributed by atoms with Crippen LogP contribution in [0.5, 0.6) is 0 Å². The third kappa shape index (κ3) is 3.74. The number of aliphatic imine (C=N–C) groups is 1. The Morgan fingerprint density at radius 1 is 1.21 bits per heavy atom. The van der Waals surface area contributed by atoms with Crippen molar-refractivity contribution in [3.05, 3.63) is 60.4 Å². The third-order valence-electron chi connectivity index (χ3n) is 3.98. The molecule has 5 nitrogen and oxygen atoms in total. The molecular formula is C19H23N5. The molecule has 124 valence electrons. The maximum absolute atomic E-state index is 6.00. The first-order valence-electron chi connectivity index (χ1n) is 8.20. The minimum atomic E-state index is 0.431. The van der Waals surface area contributed by atoms with E-state index in [4.69, 9.17) is 5.73 Å². The number of hydrogen-bond acceptors (Lipinski definition) is 2. The molecule has 0 saturated heterocycles. The second-order valence-electron chi connectivity index (χ2n) is 6.10. The lowest BCUT2D eigenvalue weighted by Gasteiger charge is -2.10. The predicted octanol–water partition coefficient (Wildman–Crippen LogP) is 3.59. The van der Waals surface area contributed by atoms with E-state index >= 15 is 0 Å². The Balaban J connectivity index is 1.61. The lowest BCUT2D eigenvalue weighted by Crippen LogP contribution is -2.23. The molecule has 3 N–H and O–H groups in total. The topological polar surface area (TPSA) is 68.2 Å². The van der Waals surface area contributed by atoms with Gasteiger partial charge in [0.2, 0.25) is 0 Å². The van der Waals surface area contributed by atoms with Crippen LogP contribution < -0.4 is 11.1 Å². The zero-order valence-electron chi connectivity index (χ0n) is 14.1. The highest BCUT2D eigenvalue weighted by atomic mass is 15.1. The van der Waals surface area contributed by atoms with Crippen LogP contribution in [0.2, 0.25) is 0 Å². The van der Waals surface area contributed by atoms with Crippen molar-refractivity contribution in [2.24, 2.45) is 10.7 Å². The fourth-order valence-electron chi connectivity index (χ4n) is 2.63. The van der Waals surface area contributed by atoms with Crippen molar-refractivity contribution < 1.29 is 0 Å². The van der Waals surface area contributed by atoms with E-state index in [0.29, 0.717) is 18.4 Å². The first kappa shape index (κ1) is 16.1. The Hall–Kier alpha value is -2.82. The molecule has 0 aliphatic rings. The van der Waals surface area contributed by atoms with Crippen LogP contribution in [0.3, 0.4) is 0 Å². The highest BCUT2D eigenvalue weighted by molar-refractivity contribution is 5.92. The minimum absolute atomic E-state index is 0.431. The second-order valence-corrected chi connectivity index (χ2v) is 6.10. The van der Waals surface area contributed by atoms with Gasteiger partial charge in [0, 0.05) is 12.2 Å². The summed E-state index contributed by atoms with van der Waals surface area (Å²) in [6.45, 7) is 5.69. The molecule has 3 rings (SSSR count). The van der Waals surface area contributed by atoms with E-state index in [1.807, 2.05) is 36.7 Å². The third-order valence-corrected chi connectivity index (χ3v) is 3.98. The number of imidazole rings is 1. The number of fused-ring (bicyclic) bond motifs is 1. The zero-order valence-corrected chi connectivity index (χ0v) is 14.1. The Labute approximate surface area is 142 Å². The van der Waals surface area contributed by atoms with Gasteiger partial charge in [0.25, 0.3) is 0 Å². The molecule has 0 radical (unpaired) electrons. The van der Waals surface area contributed by atoms with Gasteiger partial charge < -0.3 is 15.6 Å². The van der Waals surface area contributed by atoms with Crippen molar-refractivity contribution in [2.75, 3.05) is 11.9 Å². The number of nitrogens with zero attached hydrogens (tertiary/aromatic N) is 3. The van der Waals surface area contributed by atoms with E-state index in [1.54, 1.807) is 0 Å². The monoisotopic (exact) mass is 321 g/mol. The van der Waals surface area contributed by atoms with Gasteiger partial charge in [-0.05, 0) is 35.7 Å². The summed E-state index contributed by atoms with van der Waals surface area (Å²) in [7, 11) is 0. The molecule has 0 atom stereocenters. The van der Waals surface area contributed by atoms with Crippen LogP contribution in [0.1, 0.15) is 25.3 Å². The lowest BCUT2D eigenvalue weighted by molar-refractivity contribution is 0.728. The number of benzene rings is 2. The van der Waals surface area contributed by atoms with E-state index in [1.165, 1.54) is 5.56 Å². The van der Waals surface area contributed by atoms with Crippen LogP contribution in [0.25, 0.3) is 11.0 Å². The molecule has 0 aliphatic carbocycles. The summed E-state index contributed by atoms with van der Waals surface area (Å²) in [6.07, 6.45) is 1.84. The Morgan fingerprint density at radius 2 is 2.04 bits per heavy atom. The number of rotatable bonds is 5. The number of anilines is 1. The molecule has 5 heteroatoms. The molecule has 3 aromatic rings. The Bertz CT molecular complexity index is 848. The molecule has 2 aromatic carbocycles. The molecule has 0 saturated carbocycles.